The first-order valence-electron chi connectivity index (χ1n) is 9.20. The maximum Gasteiger partial charge on any atom is 0.319 e. The van der Waals surface area contributed by atoms with Gasteiger partial charge < -0.3 is 15.5 Å². The van der Waals surface area contributed by atoms with Crippen molar-refractivity contribution in [3.05, 3.63) is 66.5 Å². The van der Waals surface area contributed by atoms with Crippen molar-refractivity contribution in [3.63, 3.8) is 0 Å². The second kappa shape index (κ2) is 6.44. The normalized spacial score (nSPS) is 22.8. The lowest BCUT2D eigenvalue weighted by atomic mass is 10.1. The maximum atomic E-state index is 14.0. The van der Waals surface area contributed by atoms with Crippen molar-refractivity contribution in [2.75, 3.05) is 23.3 Å². The van der Waals surface area contributed by atoms with Crippen LogP contribution >= 0.6 is 0 Å². The molecule has 28 heavy (non-hydrogen) atoms. The highest BCUT2D eigenvalue weighted by Crippen LogP contribution is 2.47. The summed E-state index contributed by atoms with van der Waals surface area (Å²) in [5.41, 5.74) is 1.15. The highest BCUT2D eigenvalue weighted by Gasteiger charge is 2.56. The monoisotopic (exact) mass is 380 g/mol. The van der Waals surface area contributed by atoms with E-state index < -0.39 is 11.6 Å². The quantitative estimate of drug-likeness (QED) is 0.727. The fourth-order valence-corrected chi connectivity index (χ4v) is 4.22. The van der Waals surface area contributed by atoms with Crippen LogP contribution in [0.25, 0.3) is 10.8 Å². The minimum atomic E-state index is -0.578. The number of halogens is 2. The molecule has 2 heterocycles. The van der Waals surface area contributed by atoms with Crippen molar-refractivity contribution in [1.82, 2.24) is 10.3 Å². The number of fused-ring (bicyclic) bond motifs is 2. The molecule has 5 nitrogen and oxygen atoms in total. The number of amides is 2. The zero-order valence-electron chi connectivity index (χ0n) is 14.9. The van der Waals surface area contributed by atoms with Crippen LogP contribution in [0.15, 0.2) is 54.9 Å². The van der Waals surface area contributed by atoms with Crippen LogP contribution in [-0.4, -0.2) is 30.1 Å². The van der Waals surface area contributed by atoms with Crippen molar-refractivity contribution < 1.29 is 13.6 Å². The second-order valence-corrected chi connectivity index (χ2v) is 7.36. The van der Waals surface area contributed by atoms with Gasteiger partial charge >= 0.3 is 6.03 Å². The zero-order valence-corrected chi connectivity index (χ0v) is 14.9. The van der Waals surface area contributed by atoms with E-state index in [9.17, 15) is 13.6 Å². The van der Waals surface area contributed by atoms with Crippen LogP contribution in [0.5, 0.6) is 0 Å². The van der Waals surface area contributed by atoms with Gasteiger partial charge in [0.2, 0.25) is 0 Å². The van der Waals surface area contributed by atoms with Gasteiger partial charge in [-0.15, -0.1) is 0 Å². The van der Waals surface area contributed by atoms with Crippen LogP contribution in [0, 0.1) is 23.5 Å². The molecule has 1 saturated carbocycles. The zero-order chi connectivity index (χ0) is 19.3. The minimum Gasteiger partial charge on any atom is -0.368 e. The van der Waals surface area contributed by atoms with E-state index in [-0.39, 0.29) is 23.9 Å². The summed E-state index contributed by atoms with van der Waals surface area (Å²) in [6.45, 7) is 1.30. The molecular formula is C21H18F2N4O. The molecule has 5 rings (SSSR count). The number of benzene rings is 2. The highest BCUT2D eigenvalue weighted by molar-refractivity contribution is 6.01. The number of pyridine rings is 1. The first kappa shape index (κ1) is 16.9. The molecule has 1 aliphatic heterocycles. The standard InChI is InChI=1S/C21H18F2N4O/c22-13-4-5-19(17(23)8-13)27-10-15-16(11-27)20(15)26-21(28)25-18-3-1-2-12-9-24-7-6-14(12)18/h1-9,15-16,20H,10-11H2,(H2,25,26,28). The predicted octanol–water partition coefficient (Wildman–Crippen LogP) is 3.77. The van der Waals surface area contributed by atoms with Crippen molar-refractivity contribution in [3.8, 4) is 0 Å². The number of nitrogens with zero attached hydrogens (tertiary/aromatic N) is 2. The third-order valence-electron chi connectivity index (χ3n) is 5.67. The molecule has 1 saturated heterocycles. The van der Waals surface area contributed by atoms with Gasteiger partial charge in [0.05, 0.1) is 11.4 Å². The summed E-state index contributed by atoms with van der Waals surface area (Å²) in [5, 5.41) is 7.82. The predicted molar refractivity (Wildman–Crippen MR) is 103 cm³/mol. The minimum absolute atomic E-state index is 0.0800. The molecule has 7 heteroatoms. The average Bonchev–Trinajstić information content (AvgIpc) is 3.11. The van der Waals surface area contributed by atoms with Crippen LogP contribution in [0.2, 0.25) is 0 Å². The van der Waals surface area contributed by atoms with E-state index >= 15 is 0 Å². The summed E-state index contributed by atoms with van der Waals surface area (Å²) < 4.78 is 27.0. The van der Waals surface area contributed by atoms with Gasteiger partial charge in [0.1, 0.15) is 11.6 Å². The van der Waals surface area contributed by atoms with Crippen molar-refractivity contribution in [2.24, 2.45) is 11.8 Å². The number of aromatic nitrogens is 1. The Hall–Kier alpha value is -3.22. The van der Waals surface area contributed by atoms with E-state index in [1.807, 2.05) is 29.2 Å². The molecule has 142 valence electrons. The van der Waals surface area contributed by atoms with E-state index in [1.54, 1.807) is 12.4 Å². The largest absolute Gasteiger partial charge is 0.368 e. The summed E-state index contributed by atoms with van der Waals surface area (Å²) in [5.74, 6) is -0.557. The van der Waals surface area contributed by atoms with E-state index in [0.29, 0.717) is 18.8 Å². The first-order chi connectivity index (χ1) is 13.6. The fraction of sp³-hybridized carbons (Fsp3) is 0.238. The van der Waals surface area contributed by atoms with Gasteiger partial charge in [0.25, 0.3) is 0 Å². The van der Waals surface area contributed by atoms with Crippen molar-refractivity contribution >= 4 is 28.2 Å². The molecule has 2 aliphatic rings. The Morgan fingerprint density at radius 1 is 1.11 bits per heavy atom. The highest BCUT2D eigenvalue weighted by atomic mass is 19.1. The van der Waals surface area contributed by atoms with Gasteiger partial charge in [-0.05, 0) is 24.3 Å². The lowest BCUT2D eigenvalue weighted by Crippen LogP contribution is -2.37. The Labute approximate surface area is 160 Å². The number of hydrogen-bond donors (Lipinski definition) is 2. The average molecular weight is 380 g/mol. The number of anilines is 2. The summed E-state index contributed by atoms with van der Waals surface area (Å²) in [4.78, 5) is 18.4. The van der Waals surface area contributed by atoms with Crippen LogP contribution in [0.3, 0.4) is 0 Å². The number of carbonyl (C=O) groups is 1. The Morgan fingerprint density at radius 3 is 2.71 bits per heavy atom. The van der Waals surface area contributed by atoms with Gasteiger partial charge in [-0.2, -0.15) is 0 Å². The van der Waals surface area contributed by atoms with Gasteiger partial charge in [-0.3, -0.25) is 4.98 Å². The number of piperidine rings is 1. The molecule has 2 amide bonds. The molecule has 3 aromatic rings. The maximum absolute atomic E-state index is 14.0. The van der Waals surface area contributed by atoms with Gasteiger partial charge in [0.15, 0.2) is 0 Å². The van der Waals surface area contributed by atoms with Crippen molar-refractivity contribution in [1.29, 1.82) is 0 Å². The number of urea groups is 1. The Morgan fingerprint density at radius 2 is 1.93 bits per heavy atom. The molecule has 1 aromatic heterocycles. The number of rotatable bonds is 3. The Balaban J connectivity index is 1.21. The smallest absolute Gasteiger partial charge is 0.319 e. The molecule has 0 spiro atoms. The molecule has 1 aliphatic carbocycles. The van der Waals surface area contributed by atoms with E-state index in [0.717, 1.165) is 22.5 Å². The molecule has 0 radical (unpaired) electrons. The van der Waals surface area contributed by atoms with Crippen LogP contribution in [-0.2, 0) is 0 Å². The van der Waals surface area contributed by atoms with Crippen LogP contribution < -0.4 is 15.5 Å². The molecule has 2 atom stereocenters. The molecule has 2 unspecified atom stereocenters. The lowest BCUT2D eigenvalue weighted by Gasteiger charge is -2.23. The molecule has 2 aromatic carbocycles. The fourth-order valence-electron chi connectivity index (χ4n) is 4.22. The third kappa shape index (κ3) is 2.93. The summed E-state index contributed by atoms with van der Waals surface area (Å²) in [6, 6.07) is 11.0. The molecule has 2 fully saturated rings. The number of carbonyl (C=O) groups excluding carboxylic acids is 1. The van der Waals surface area contributed by atoms with Gasteiger partial charge in [-0.1, -0.05) is 12.1 Å². The van der Waals surface area contributed by atoms with Gasteiger partial charge in [0, 0.05) is 60.2 Å². The van der Waals surface area contributed by atoms with Gasteiger partial charge in [-0.25, -0.2) is 13.6 Å². The van der Waals surface area contributed by atoms with E-state index in [2.05, 4.69) is 15.6 Å². The third-order valence-corrected chi connectivity index (χ3v) is 5.67. The van der Waals surface area contributed by atoms with E-state index in [4.69, 9.17) is 0 Å². The summed E-state index contributed by atoms with van der Waals surface area (Å²) >= 11 is 0. The summed E-state index contributed by atoms with van der Waals surface area (Å²) in [7, 11) is 0. The Kier molecular flexibility index (Phi) is 3.89. The summed E-state index contributed by atoms with van der Waals surface area (Å²) in [6.07, 6.45) is 3.45. The van der Waals surface area contributed by atoms with Crippen LogP contribution in [0.1, 0.15) is 0 Å². The topological polar surface area (TPSA) is 57.3 Å². The second-order valence-electron chi connectivity index (χ2n) is 7.36. The van der Waals surface area contributed by atoms with Crippen molar-refractivity contribution in [2.45, 2.75) is 6.04 Å². The Bertz CT molecular complexity index is 1060. The number of nitrogens with one attached hydrogen (secondary N) is 2. The number of hydrogen-bond acceptors (Lipinski definition) is 3. The molecular weight excluding hydrogens is 362 g/mol. The molecule has 0 bridgehead atoms. The van der Waals surface area contributed by atoms with E-state index in [1.165, 1.54) is 12.1 Å². The first-order valence-corrected chi connectivity index (χ1v) is 9.20. The van der Waals surface area contributed by atoms with Crippen LogP contribution in [0.4, 0.5) is 25.0 Å². The SMILES string of the molecule is O=C(Nc1cccc2cnccc12)NC1C2CN(c3ccc(F)cc3F)CC21. The lowest BCUT2D eigenvalue weighted by molar-refractivity contribution is 0.250. The molecule has 2 N–H and O–H groups in total.